The Hall–Kier alpha value is -3.60. The summed E-state index contributed by atoms with van der Waals surface area (Å²) in [6.07, 6.45) is 2.66. The quantitative estimate of drug-likeness (QED) is 0.650. The Bertz CT molecular complexity index is 966. The molecule has 1 aliphatic rings. The van der Waals surface area contributed by atoms with Crippen LogP contribution in [-0.4, -0.2) is 30.3 Å². The number of rotatable bonds is 7. The maximum atomic E-state index is 12.3. The first-order valence-electron chi connectivity index (χ1n) is 9.79. The number of amides is 1. The van der Waals surface area contributed by atoms with E-state index in [1.54, 1.807) is 0 Å². The molecule has 0 unspecified atom stereocenters. The van der Waals surface area contributed by atoms with Gasteiger partial charge in [-0.05, 0) is 47.4 Å². The third-order valence-corrected chi connectivity index (χ3v) is 4.84. The molecular weight excluding hydrogens is 360 g/mol. The van der Waals surface area contributed by atoms with E-state index in [9.17, 15) is 4.79 Å². The fourth-order valence-electron chi connectivity index (χ4n) is 3.22. The molecule has 3 aromatic carbocycles. The molecule has 5 heteroatoms. The molecule has 146 valence electrons. The molecule has 0 radical (unpaired) electrons. The zero-order chi connectivity index (χ0) is 19.9. The summed E-state index contributed by atoms with van der Waals surface area (Å²) >= 11 is 0. The molecule has 5 nitrogen and oxygen atoms in total. The van der Waals surface area contributed by atoms with E-state index in [0.29, 0.717) is 12.1 Å². The van der Waals surface area contributed by atoms with Crippen molar-refractivity contribution < 1.29 is 4.79 Å². The number of benzene rings is 3. The lowest BCUT2D eigenvalue weighted by molar-refractivity contribution is 0.0951. The van der Waals surface area contributed by atoms with Crippen molar-refractivity contribution in [2.45, 2.75) is 13.0 Å². The summed E-state index contributed by atoms with van der Waals surface area (Å²) in [7, 11) is 0. The third-order valence-electron chi connectivity index (χ3n) is 4.84. The van der Waals surface area contributed by atoms with Crippen molar-refractivity contribution in [3.05, 3.63) is 101 Å². The first-order chi connectivity index (χ1) is 14.3. The second kappa shape index (κ2) is 9.06. The van der Waals surface area contributed by atoms with Gasteiger partial charge in [-0.1, -0.05) is 54.6 Å². The number of carbonyl (C=O) groups is 1. The van der Waals surface area contributed by atoms with Gasteiger partial charge in [0, 0.05) is 12.1 Å². The molecule has 29 heavy (non-hydrogen) atoms. The van der Waals surface area contributed by atoms with E-state index in [0.717, 1.165) is 30.8 Å². The van der Waals surface area contributed by atoms with E-state index in [4.69, 9.17) is 0 Å². The van der Waals surface area contributed by atoms with Gasteiger partial charge in [-0.15, -0.1) is 0 Å². The molecule has 1 heterocycles. The molecular formula is C24H24N4O. The summed E-state index contributed by atoms with van der Waals surface area (Å²) in [5.74, 6) is -0.0544. The topological polar surface area (TPSA) is 56.7 Å². The van der Waals surface area contributed by atoms with Crippen molar-refractivity contribution in [2.75, 3.05) is 18.5 Å². The maximum absolute atomic E-state index is 12.3. The normalized spacial score (nSPS) is 12.8. The van der Waals surface area contributed by atoms with Crippen LogP contribution in [0.5, 0.6) is 0 Å². The van der Waals surface area contributed by atoms with Gasteiger partial charge < -0.3 is 5.32 Å². The van der Waals surface area contributed by atoms with Crippen molar-refractivity contribution in [3.8, 4) is 0 Å². The average Bonchev–Trinajstić information content (AvgIpc) is 3.28. The molecule has 3 aromatic rings. The van der Waals surface area contributed by atoms with E-state index in [1.807, 2.05) is 65.9 Å². The van der Waals surface area contributed by atoms with Crippen LogP contribution in [0.2, 0.25) is 0 Å². The number of hydrogen-bond donors (Lipinski definition) is 2. The van der Waals surface area contributed by atoms with Crippen molar-refractivity contribution in [1.82, 2.24) is 10.3 Å². The number of carbonyl (C=O) groups excluding carboxylic acids is 1. The van der Waals surface area contributed by atoms with Crippen molar-refractivity contribution in [1.29, 1.82) is 0 Å². The van der Waals surface area contributed by atoms with E-state index in [2.05, 4.69) is 40.0 Å². The van der Waals surface area contributed by atoms with Gasteiger partial charge in [-0.2, -0.15) is 0 Å². The number of aliphatic imine (C=N–C) groups is 1. The Morgan fingerprint density at radius 3 is 2.21 bits per heavy atom. The molecule has 0 aromatic heterocycles. The smallest absolute Gasteiger partial charge is 0.251 e. The minimum Gasteiger partial charge on any atom is -0.348 e. The van der Waals surface area contributed by atoms with Crippen molar-refractivity contribution >= 4 is 17.9 Å². The fraction of sp³-hybridized carbons (Fsp3) is 0.167. The zero-order valence-corrected chi connectivity index (χ0v) is 16.2. The SMILES string of the molecule is O=C(NCc1ccccc1)c1ccc(Cc2ccc(NN3C=NCC3)cc2)cc1. The van der Waals surface area contributed by atoms with Gasteiger partial charge in [0.25, 0.3) is 5.91 Å². The van der Waals surface area contributed by atoms with Crippen LogP contribution >= 0.6 is 0 Å². The molecule has 1 amide bonds. The van der Waals surface area contributed by atoms with Crippen LogP contribution in [-0.2, 0) is 13.0 Å². The predicted molar refractivity (Wildman–Crippen MR) is 117 cm³/mol. The monoisotopic (exact) mass is 384 g/mol. The van der Waals surface area contributed by atoms with Gasteiger partial charge in [0.15, 0.2) is 0 Å². The Labute approximate surface area is 171 Å². The highest BCUT2D eigenvalue weighted by molar-refractivity contribution is 5.94. The molecule has 0 fully saturated rings. The van der Waals surface area contributed by atoms with Crippen LogP contribution in [0.3, 0.4) is 0 Å². The molecule has 0 spiro atoms. The van der Waals surface area contributed by atoms with Crippen molar-refractivity contribution in [2.24, 2.45) is 4.99 Å². The Kier molecular flexibility index (Phi) is 5.86. The largest absolute Gasteiger partial charge is 0.348 e. The van der Waals surface area contributed by atoms with Gasteiger partial charge in [0.05, 0.1) is 18.8 Å². The number of hydrogen-bond acceptors (Lipinski definition) is 4. The average molecular weight is 384 g/mol. The number of anilines is 1. The van der Waals surface area contributed by atoms with Gasteiger partial charge >= 0.3 is 0 Å². The molecule has 2 N–H and O–H groups in total. The summed E-state index contributed by atoms with van der Waals surface area (Å²) in [5.41, 5.74) is 8.54. The van der Waals surface area contributed by atoms with Gasteiger partial charge in [0.2, 0.25) is 0 Å². The molecule has 0 bridgehead atoms. The first kappa shape index (κ1) is 18.7. The Morgan fingerprint density at radius 1 is 0.862 bits per heavy atom. The fourth-order valence-corrected chi connectivity index (χ4v) is 3.22. The number of nitrogens with zero attached hydrogens (tertiary/aromatic N) is 2. The van der Waals surface area contributed by atoms with E-state index < -0.39 is 0 Å². The number of hydrazine groups is 1. The van der Waals surface area contributed by atoms with Crippen LogP contribution in [0.1, 0.15) is 27.0 Å². The van der Waals surface area contributed by atoms with Gasteiger partial charge in [-0.25, -0.2) is 0 Å². The summed E-state index contributed by atoms with van der Waals surface area (Å²) in [5, 5.41) is 4.94. The molecule has 1 aliphatic heterocycles. The molecule has 0 aliphatic carbocycles. The maximum Gasteiger partial charge on any atom is 0.251 e. The molecule has 0 saturated carbocycles. The predicted octanol–water partition coefficient (Wildman–Crippen LogP) is 3.88. The minimum absolute atomic E-state index is 0.0544. The van der Waals surface area contributed by atoms with E-state index in [-0.39, 0.29) is 5.91 Å². The highest BCUT2D eigenvalue weighted by Gasteiger charge is 2.07. The summed E-state index contributed by atoms with van der Waals surface area (Å²) in [6, 6.07) is 26.1. The summed E-state index contributed by atoms with van der Waals surface area (Å²) in [6.45, 7) is 2.27. The molecule has 4 rings (SSSR count). The second-order valence-electron chi connectivity index (χ2n) is 7.07. The number of nitrogens with one attached hydrogen (secondary N) is 2. The lowest BCUT2D eigenvalue weighted by Gasteiger charge is -2.16. The summed E-state index contributed by atoms with van der Waals surface area (Å²) < 4.78 is 0. The summed E-state index contributed by atoms with van der Waals surface area (Å²) in [4.78, 5) is 16.5. The van der Waals surface area contributed by atoms with Crippen molar-refractivity contribution in [3.63, 3.8) is 0 Å². The highest BCUT2D eigenvalue weighted by atomic mass is 16.1. The Balaban J connectivity index is 1.30. The lowest BCUT2D eigenvalue weighted by atomic mass is 10.0. The van der Waals surface area contributed by atoms with Crippen LogP contribution in [0.25, 0.3) is 0 Å². The first-order valence-corrected chi connectivity index (χ1v) is 9.79. The van der Waals surface area contributed by atoms with Crippen LogP contribution in [0.4, 0.5) is 5.69 Å². The molecule has 0 atom stereocenters. The molecule has 0 saturated heterocycles. The van der Waals surface area contributed by atoms with Crippen LogP contribution < -0.4 is 10.7 Å². The van der Waals surface area contributed by atoms with E-state index >= 15 is 0 Å². The standard InChI is InChI=1S/C24H24N4O/c29-24(26-17-21-4-2-1-3-5-21)22-10-6-19(7-11-22)16-20-8-12-23(13-9-20)27-28-15-14-25-18-28/h1-13,18,27H,14-17H2,(H,26,29). The Morgan fingerprint density at radius 2 is 1.55 bits per heavy atom. The zero-order valence-electron chi connectivity index (χ0n) is 16.2. The lowest BCUT2D eigenvalue weighted by Crippen LogP contribution is -2.26. The van der Waals surface area contributed by atoms with E-state index in [1.165, 1.54) is 11.1 Å². The van der Waals surface area contributed by atoms with Gasteiger partial charge in [0.1, 0.15) is 6.34 Å². The second-order valence-corrected chi connectivity index (χ2v) is 7.07. The van der Waals surface area contributed by atoms with Crippen LogP contribution in [0, 0.1) is 0 Å². The highest BCUT2D eigenvalue weighted by Crippen LogP contribution is 2.15. The minimum atomic E-state index is -0.0544. The van der Waals surface area contributed by atoms with Crippen LogP contribution in [0.15, 0.2) is 83.9 Å². The third kappa shape index (κ3) is 5.23. The van der Waals surface area contributed by atoms with Gasteiger partial charge in [-0.3, -0.25) is 20.2 Å².